The van der Waals surface area contributed by atoms with E-state index < -0.39 is 22.9 Å². The lowest BCUT2D eigenvalue weighted by Crippen LogP contribution is -2.47. The van der Waals surface area contributed by atoms with E-state index in [1.54, 1.807) is 0 Å². The van der Waals surface area contributed by atoms with Crippen LogP contribution in [-0.4, -0.2) is 29.4 Å². The fourth-order valence-electron chi connectivity index (χ4n) is 0.861. The summed E-state index contributed by atoms with van der Waals surface area (Å²) in [7, 11) is 0. The lowest BCUT2D eigenvalue weighted by molar-refractivity contribution is -0.121. The zero-order valence-corrected chi connectivity index (χ0v) is 7.43. The number of alkyl carbamates (subject to hydrolysis) is 1. The highest BCUT2D eigenvalue weighted by Gasteiger charge is 2.42. The van der Waals surface area contributed by atoms with Gasteiger partial charge in [-0.2, -0.15) is 12.6 Å². The van der Waals surface area contributed by atoms with Crippen molar-refractivity contribution in [1.29, 1.82) is 0 Å². The smallest absolute Gasteiger partial charge is 0.407 e. The third kappa shape index (κ3) is 1.47. The van der Waals surface area contributed by atoms with E-state index in [0.29, 0.717) is 0 Å². The molecule has 0 aromatic heterocycles. The van der Waals surface area contributed by atoms with E-state index in [1.807, 2.05) is 0 Å². The van der Waals surface area contributed by atoms with Crippen LogP contribution in [0.3, 0.4) is 0 Å². The van der Waals surface area contributed by atoms with Gasteiger partial charge >= 0.3 is 6.09 Å². The van der Waals surface area contributed by atoms with E-state index in [2.05, 4.69) is 17.9 Å². The number of rotatable bonds is 2. The SMILES string of the molecule is CC(S)(C(N)=O)C1CNC(=O)O1. The Balaban J connectivity index is 2.70. The van der Waals surface area contributed by atoms with Crippen LogP contribution in [-0.2, 0) is 9.53 Å². The average molecular weight is 190 g/mol. The molecule has 0 aromatic carbocycles. The molecule has 1 aliphatic rings. The molecule has 2 amide bonds. The summed E-state index contributed by atoms with van der Waals surface area (Å²) < 4.78 is 3.65. The van der Waals surface area contributed by atoms with Gasteiger partial charge in [0.05, 0.1) is 6.54 Å². The molecule has 6 heteroatoms. The zero-order valence-electron chi connectivity index (χ0n) is 6.53. The van der Waals surface area contributed by atoms with Crippen molar-refractivity contribution < 1.29 is 14.3 Å². The predicted octanol–water partition coefficient (Wildman–Crippen LogP) is -0.731. The Morgan fingerprint density at radius 3 is 2.83 bits per heavy atom. The first kappa shape index (κ1) is 9.18. The molecule has 1 fully saturated rings. The van der Waals surface area contributed by atoms with Gasteiger partial charge in [0.2, 0.25) is 5.91 Å². The van der Waals surface area contributed by atoms with Crippen molar-refractivity contribution in [3.05, 3.63) is 0 Å². The number of carbonyl (C=O) groups is 2. The Kier molecular flexibility index (Phi) is 2.18. The third-order valence-electron chi connectivity index (χ3n) is 1.81. The van der Waals surface area contributed by atoms with Crippen LogP contribution in [0.4, 0.5) is 4.79 Å². The molecule has 0 radical (unpaired) electrons. The van der Waals surface area contributed by atoms with Gasteiger partial charge in [-0.3, -0.25) is 4.79 Å². The summed E-state index contributed by atoms with van der Waals surface area (Å²) in [5, 5.41) is 2.41. The first-order valence-electron chi connectivity index (χ1n) is 3.41. The van der Waals surface area contributed by atoms with E-state index in [-0.39, 0.29) is 6.54 Å². The molecule has 0 saturated carbocycles. The topological polar surface area (TPSA) is 81.4 Å². The maximum absolute atomic E-state index is 10.8. The standard InChI is InChI=1S/C6H10N2O3S/c1-6(12,4(7)9)3-2-8-5(10)11-3/h3,12H,2H2,1H3,(H2,7,9)(H,8,10). The van der Waals surface area contributed by atoms with Crippen molar-refractivity contribution >= 4 is 24.6 Å². The first-order valence-corrected chi connectivity index (χ1v) is 3.86. The molecule has 68 valence electrons. The highest BCUT2D eigenvalue weighted by Crippen LogP contribution is 2.23. The number of cyclic esters (lactones) is 1. The van der Waals surface area contributed by atoms with Crippen LogP contribution < -0.4 is 11.1 Å². The van der Waals surface area contributed by atoms with Crippen LogP contribution in [0, 0.1) is 0 Å². The second kappa shape index (κ2) is 2.85. The number of nitrogens with two attached hydrogens (primary N) is 1. The van der Waals surface area contributed by atoms with Crippen LogP contribution in [0.25, 0.3) is 0 Å². The Bertz CT molecular complexity index is 229. The minimum absolute atomic E-state index is 0.266. The zero-order chi connectivity index (χ0) is 9.35. The molecule has 0 aromatic rings. The van der Waals surface area contributed by atoms with Gasteiger partial charge in [0, 0.05) is 0 Å². The second-order valence-corrected chi connectivity index (χ2v) is 3.72. The number of ether oxygens (including phenoxy) is 1. The molecular weight excluding hydrogens is 180 g/mol. The fraction of sp³-hybridized carbons (Fsp3) is 0.667. The third-order valence-corrected chi connectivity index (χ3v) is 2.32. The lowest BCUT2D eigenvalue weighted by atomic mass is 10.0. The van der Waals surface area contributed by atoms with E-state index in [0.717, 1.165) is 0 Å². The summed E-state index contributed by atoms with van der Waals surface area (Å²) in [6.07, 6.45) is -1.13. The molecule has 0 aliphatic carbocycles. The van der Waals surface area contributed by atoms with Gasteiger partial charge in [-0.15, -0.1) is 0 Å². The van der Waals surface area contributed by atoms with E-state index >= 15 is 0 Å². The molecule has 2 atom stereocenters. The summed E-state index contributed by atoms with van der Waals surface area (Å²) in [4.78, 5) is 21.4. The fourth-order valence-corrected chi connectivity index (χ4v) is 1.00. The molecule has 5 nitrogen and oxygen atoms in total. The van der Waals surface area contributed by atoms with Crippen LogP contribution in [0.1, 0.15) is 6.92 Å². The van der Waals surface area contributed by atoms with Gasteiger partial charge in [-0.25, -0.2) is 4.79 Å². The molecule has 0 bridgehead atoms. The van der Waals surface area contributed by atoms with E-state index in [1.165, 1.54) is 6.92 Å². The normalized spacial score (nSPS) is 27.2. The molecule has 0 spiro atoms. The molecule has 1 heterocycles. The highest BCUT2D eigenvalue weighted by atomic mass is 32.1. The van der Waals surface area contributed by atoms with Crippen LogP contribution in [0.2, 0.25) is 0 Å². The molecule has 1 rings (SSSR count). The number of nitrogens with one attached hydrogen (secondary N) is 1. The van der Waals surface area contributed by atoms with E-state index in [4.69, 9.17) is 10.5 Å². The van der Waals surface area contributed by atoms with Crippen molar-refractivity contribution in [2.24, 2.45) is 5.73 Å². The van der Waals surface area contributed by atoms with Crippen molar-refractivity contribution in [1.82, 2.24) is 5.32 Å². The minimum Gasteiger partial charge on any atom is -0.442 e. The molecule has 2 unspecified atom stereocenters. The van der Waals surface area contributed by atoms with E-state index in [9.17, 15) is 9.59 Å². The van der Waals surface area contributed by atoms with Gasteiger partial charge in [0.15, 0.2) is 0 Å². The van der Waals surface area contributed by atoms with Gasteiger partial charge in [-0.1, -0.05) is 0 Å². The first-order chi connectivity index (χ1) is 5.44. The van der Waals surface area contributed by atoms with Crippen LogP contribution in [0.5, 0.6) is 0 Å². The summed E-state index contributed by atoms with van der Waals surface area (Å²) >= 11 is 4.03. The maximum Gasteiger partial charge on any atom is 0.407 e. The Morgan fingerprint density at radius 2 is 2.50 bits per heavy atom. The van der Waals surface area contributed by atoms with Crippen molar-refractivity contribution in [2.75, 3.05) is 6.54 Å². The quantitative estimate of drug-likeness (QED) is 0.502. The predicted molar refractivity (Wildman–Crippen MR) is 44.9 cm³/mol. The summed E-state index contributed by atoms with van der Waals surface area (Å²) in [6, 6.07) is 0. The van der Waals surface area contributed by atoms with Crippen molar-refractivity contribution in [2.45, 2.75) is 17.8 Å². The number of hydrogen-bond acceptors (Lipinski definition) is 4. The Morgan fingerprint density at radius 1 is 1.92 bits per heavy atom. The summed E-state index contributed by atoms with van der Waals surface area (Å²) in [5.41, 5.74) is 5.06. The molecular formula is C6H10N2O3S. The lowest BCUT2D eigenvalue weighted by Gasteiger charge is -2.24. The Hall–Kier alpha value is -0.910. The number of amides is 2. The van der Waals surface area contributed by atoms with Crippen molar-refractivity contribution in [3.8, 4) is 0 Å². The largest absolute Gasteiger partial charge is 0.442 e. The van der Waals surface area contributed by atoms with Gasteiger partial charge < -0.3 is 15.8 Å². The van der Waals surface area contributed by atoms with Gasteiger partial charge in [0.25, 0.3) is 0 Å². The number of hydrogen-bond donors (Lipinski definition) is 3. The molecule has 1 saturated heterocycles. The summed E-state index contributed by atoms with van der Waals surface area (Å²) in [5.74, 6) is -0.604. The highest BCUT2D eigenvalue weighted by molar-refractivity contribution is 7.82. The number of thiol groups is 1. The van der Waals surface area contributed by atoms with Crippen molar-refractivity contribution in [3.63, 3.8) is 0 Å². The van der Waals surface area contributed by atoms with Crippen LogP contribution >= 0.6 is 12.6 Å². The molecule has 1 aliphatic heterocycles. The van der Waals surface area contributed by atoms with Gasteiger partial charge in [-0.05, 0) is 6.92 Å². The molecule has 12 heavy (non-hydrogen) atoms. The molecule has 3 N–H and O–H groups in total. The average Bonchev–Trinajstić information content (AvgIpc) is 2.35. The number of primary amides is 1. The summed E-state index contributed by atoms with van der Waals surface area (Å²) in [6.45, 7) is 1.78. The minimum atomic E-state index is -1.11. The number of carbonyl (C=O) groups excluding carboxylic acids is 2. The van der Waals surface area contributed by atoms with Crippen LogP contribution in [0.15, 0.2) is 0 Å². The monoisotopic (exact) mass is 190 g/mol. The maximum atomic E-state index is 10.8. The van der Waals surface area contributed by atoms with Gasteiger partial charge in [0.1, 0.15) is 10.9 Å². The Labute approximate surface area is 75.0 Å². The second-order valence-electron chi connectivity index (χ2n) is 2.79.